The van der Waals surface area contributed by atoms with Gasteiger partial charge in [0.1, 0.15) is 12.2 Å². The molecule has 0 saturated carbocycles. The summed E-state index contributed by atoms with van der Waals surface area (Å²) in [5.41, 5.74) is 1.32. The van der Waals surface area contributed by atoms with Gasteiger partial charge >= 0.3 is 0 Å². The zero-order valence-electron chi connectivity index (χ0n) is 17.9. The summed E-state index contributed by atoms with van der Waals surface area (Å²) in [6.45, 7) is 9.70. The van der Waals surface area contributed by atoms with Gasteiger partial charge < -0.3 is 15.2 Å². The van der Waals surface area contributed by atoms with Gasteiger partial charge in [0.15, 0.2) is 5.96 Å². The number of hydrogen-bond acceptors (Lipinski definition) is 4. The van der Waals surface area contributed by atoms with Crippen molar-refractivity contribution in [1.82, 2.24) is 30.3 Å². The Bertz CT molecular complexity index is 770. The van der Waals surface area contributed by atoms with Gasteiger partial charge in [0.25, 0.3) is 0 Å². The van der Waals surface area contributed by atoms with Crippen LogP contribution in [0.5, 0.6) is 0 Å². The van der Waals surface area contributed by atoms with Crippen LogP contribution in [0.1, 0.15) is 38.1 Å². The lowest BCUT2D eigenvalue weighted by Crippen LogP contribution is -2.48. The minimum atomic E-state index is 0. The molecule has 1 aliphatic rings. The molecule has 2 aromatic rings. The van der Waals surface area contributed by atoms with Crippen molar-refractivity contribution in [1.29, 1.82) is 0 Å². The number of halogens is 2. The minimum absolute atomic E-state index is 0. The zero-order valence-corrected chi connectivity index (χ0v) is 20.9. The maximum absolute atomic E-state index is 5.98. The van der Waals surface area contributed by atoms with E-state index in [0.29, 0.717) is 12.6 Å². The van der Waals surface area contributed by atoms with E-state index < -0.39 is 0 Å². The molecule has 0 amide bonds. The Labute approximate surface area is 201 Å². The summed E-state index contributed by atoms with van der Waals surface area (Å²) >= 11 is 5.98. The standard InChI is InChI=1S/C21H32ClN7.HI/c1-3-20-27-25-16-29(20)14-11-24-21(23-4-2)26-19-9-12-28(13-10-19)15-17-5-7-18(22)8-6-17;/h5-8,16,19H,3-4,9-15H2,1-2H3,(H2,23,24,26);1H. The highest BCUT2D eigenvalue weighted by Crippen LogP contribution is 2.16. The van der Waals surface area contributed by atoms with Crippen LogP contribution in [0, 0.1) is 0 Å². The summed E-state index contributed by atoms with van der Waals surface area (Å²) in [7, 11) is 0. The molecular formula is C21H33ClIN7. The Morgan fingerprint density at radius 2 is 1.93 bits per heavy atom. The number of aromatic nitrogens is 3. The van der Waals surface area contributed by atoms with E-state index in [2.05, 4.69) is 56.3 Å². The summed E-state index contributed by atoms with van der Waals surface area (Å²) in [5.74, 6) is 1.90. The Balaban J connectivity index is 0.00000320. The van der Waals surface area contributed by atoms with E-state index in [1.54, 1.807) is 6.33 Å². The molecule has 0 aliphatic carbocycles. The number of benzene rings is 1. The van der Waals surface area contributed by atoms with Crippen molar-refractivity contribution in [2.45, 2.75) is 52.2 Å². The lowest BCUT2D eigenvalue weighted by atomic mass is 10.0. The predicted molar refractivity (Wildman–Crippen MR) is 134 cm³/mol. The third kappa shape index (κ3) is 7.70. The van der Waals surface area contributed by atoms with Crippen molar-refractivity contribution in [3.8, 4) is 0 Å². The molecule has 166 valence electrons. The second kappa shape index (κ2) is 13.1. The molecule has 30 heavy (non-hydrogen) atoms. The Morgan fingerprint density at radius 1 is 1.20 bits per heavy atom. The summed E-state index contributed by atoms with van der Waals surface area (Å²) in [5, 5.41) is 15.9. The number of aryl methyl sites for hydroxylation is 1. The molecule has 0 bridgehead atoms. The molecular weight excluding hydrogens is 513 g/mol. The quantitative estimate of drug-likeness (QED) is 0.303. The highest BCUT2D eigenvalue weighted by atomic mass is 127. The van der Waals surface area contributed by atoms with Crippen molar-refractivity contribution in [3.05, 3.63) is 47.0 Å². The first-order valence-electron chi connectivity index (χ1n) is 10.6. The van der Waals surface area contributed by atoms with Crippen LogP contribution in [-0.2, 0) is 19.5 Å². The van der Waals surface area contributed by atoms with Gasteiger partial charge in [0, 0.05) is 50.2 Å². The smallest absolute Gasteiger partial charge is 0.191 e. The molecule has 0 unspecified atom stereocenters. The number of nitrogens with one attached hydrogen (secondary N) is 2. The molecule has 1 aromatic heterocycles. The minimum Gasteiger partial charge on any atom is -0.357 e. The van der Waals surface area contributed by atoms with E-state index in [-0.39, 0.29) is 24.0 Å². The average Bonchev–Trinajstić information content (AvgIpc) is 3.19. The number of guanidine groups is 1. The van der Waals surface area contributed by atoms with E-state index in [9.17, 15) is 0 Å². The third-order valence-electron chi connectivity index (χ3n) is 5.21. The monoisotopic (exact) mass is 545 g/mol. The lowest BCUT2D eigenvalue weighted by molar-refractivity contribution is 0.198. The first-order valence-corrected chi connectivity index (χ1v) is 10.9. The molecule has 2 heterocycles. The van der Waals surface area contributed by atoms with Gasteiger partial charge in [-0.1, -0.05) is 30.7 Å². The molecule has 1 fully saturated rings. The molecule has 1 aromatic carbocycles. The lowest BCUT2D eigenvalue weighted by Gasteiger charge is -2.33. The number of aliphatic imine (C=N–C) groups is 1. The summed E-state index contributed by atoms with van der Waals surface area (Å²) < 4.78 is 2.07. The van der Waals surface area contributed by atoms with Gasteiger partial charge in [-0.05, 0) is 37.5 Å². The van der Waals surface area contributed by atoms with E-state index >= 15 is 0 Å². The fourth-order valence-corrected chi connectivity index (χ4v) is 3.73. The van der Waals surface area contributed by atoms with Gasteiger partial charge in [-0.25, -0.2) is 0 Å². The number of hydrogen-bond donors (Lipinski definition) is 2. The van der Waals surface area contributed by atoms with E-state index in [0.717, 1.165) is 68.8 Å². The van der Waals surface area contributed by atoms with Crippen LogP contribution < -0.4 is 10.6 Å². The summed E-state index contributed by atoms with van der Waals surface area (Å²) in [6, 6.07) is 8.61. The maximum atomic E-state index is 5.98. The molecule has 0 atom stereocenters. The predicted octanol–water partition coefficient (Wildman–Crippen LogP) is 3.33. The van der Waals surface area contributed by atoms with E-state index in [1.165, 1.54) is 5.56 Å². The fraction of sp³-hybridized carbons (Fsp3) is 0.571. The first-order chi connectivity index (χ1) is 14.2. The Morgan fingerprint density at radius 3 is 2.60 bits per heavy atom. The highest BCUT2D eigenvalue weighted by Gasteiger charge is 2.20. The van der Waals surface area contributed by atoms with Crippen molar-refractivity contribution < 1.29 is 0 Å². The largest absolute Gasteiger partial charge is 0.357 e. The fourth-order valence-electron chi connectivity index (χ4n) is 3.61. The van der Waals surface area contributed by atoms with Crippen molar-refractivity contribution >= 4 is 41.5 Å². The molecule has 9 heteroatoms. The third-order valence-corrected chi connectivity index (χ3v) is 5.47. The van der Waals surface area contributed by atoms with Gasteiger partial charge in [-0.2, -0.15) is 0 Å². The second-order valence-corrected chi connectivity index (χ2v) is 7.81. The molecule has 1 aliphatic heterocycles. The first kappa shape index (κ1) is 24.9. The highest BCUT2D eigenvalue weighted by molar-refractivity contribution is 14.0. The molecule has 0 spiro atoms. The van der Waals surface area contributed by atoms with Crippen LogP contribution in [0.25, 0.3) is 0 Å². The van der Waals surface area contributed by atoms with Gasteiger partial charge in [0.2, 0.25) is 0 Å². The molecule has 1 saturated heterocycles. The van der Waals surface area contributed by atoms with E-state index in [1.807, 2.05) is 12.1 Å². The van der Waals surface area contributed by atoms with Crippen molar-refractivity contribution in [2.24, 2.45) is 4.99 Å². The Kier molecular flexibility index (Phi) is 10.9. The van der Waals surface area contributed by atoms with Crippen LogP contribution in [0.2, 0.25) is 5.02 Å². The number of piperidine rings is 1. The topological polar surface area (TPSA) is 70.4 Å². The van der Waals surface area contributed by atoms with Gasteiger partial charge in [-0.15, -0.1) is 34.2 Å². The summed E-state index contributed by atoms with van der Waals surface area (Å²) in [4.78, 5) is 7.25. The van der Waals surface area contributed by atoms with Crippen LogP contribution in [0.3, 0.4) is 0 Å². The van der Waals surface area contributed by atoms with Gasteiger partial charge in [-0.3, -0.25) is 9.89 Å². The summed E-state index contributed by atoms with van der Waals surface area (Å²) in [6.07, 6.45) is 4.90. The van der Waals surface area contributed by atoms with Crippen molar-refractivity contribution in [3.63, 3.8) is 0 Å². The van der Waals surface area contributed by atoms with Crippen LogP contribution in [0.15, 0.2) is 35.6 Å². The average molecular weight is 546 g/mol. The maximum Gasteiger partial charge on any atom is 0.191 e. The molecule has 0 radical (unpaired) electrons. The Hall–Kier alpha value is -1.39. The zero-order chi connectivity index (χ0) is 20.5. The SMILES string of the molecule is CCNC(=NCCn1cnnc1CC)NC1CCN(Cc2ccc(Cl)cc2)CC1.I. The molecule has 7 nitrogen and oxygen atoms in total. The molecule has 3 rings (SSSR count). The second-order valence-electron chi connectivity index (χ2n) is 7.38. The van der Waals surface area contributed by atoms with E-state index in [4.69, 9.17) is 16.6 Å². The normalized spacial score (nSPS) is 15.6. The molecule has 2 N–H and O–H groups in total. The number of likely N-dealkylation sites (tertiary alicyclic amines) is 1. The van der Waals surface area contributed by atoms with Gasteiger partial charge in [0.05, 0.1) is 6.54 Å². The number of rotatable bonds is 8. The van der Waals surface area contributed by atoms with Crippen LogP contribution in [-0.4, -0.2) is 57.8 Å². The van der Waals surface area contributed by atoms with Crippen LogP contribution >= 0.6 is 35.6 Å². The number of nitrogens with zero attached hydrogens (tertiary/aromatic N) is 5. The van der Waals surface area contributed by atoms with Crippen LogP contribution in [0.4, 0.5) is 0 Å². The van der Waals surface area contributed by atoms with Crippen molar-refractivity contribution in [2.75, 3.05) is 26.2 Å².